The number of ether oxygens (including phenoxy) is 1. The summed E-state index contributed by atoms with van der Waals surface area (Å²) < 4.78 is 54.2. The van der Waals surface area contributed by atoms with Crippen LogP contribution in [0.25, 0.3) is 49.9 Å². The second-order valence-electron chi connectivity index (χ2n) is 19.8. The molecule has 0 unspecified atom stereocenters. The first-order chi connectivity index (χ1) is 32.5. The molecule has 9 aromatic rings. The van der Waals surface area contributed by atoms with Crippen LogP contribution in [0.1, 0.15) is 88.1 Å². The van der Waals surface area contributed by atoms with Gasteiger partial charge in [-0.25, -0.2) is 18.2 Å². The van der Waals surface area contributed by atoms with Gasteiger partial charge in [0.15, 0.2) is 0 Å². The zero-order valence-electron chi connectivity index (χ0n) is 40.0. The molecule has 1 aliphatic rings. The number of rotatable bonds is 9. The zero-order valence-corrected chi connectivity index (χ0v) is 40.0. The number of fused-ring (bicyclic) bond motifs is 4. The molecule has 2 aromatic heterocycles. The van der Waals surface area contributed by atoms with Crippen molar-refractivity contribution in [3.8, 4) is 39.6 Å². The topological polar surface area (TPSA) is 33.5 Å². The first-order valence-electron chi connectivity index (χ1n) is 23.4. The van der Waals surface area contributed by atoms with Gasteiger partial charge in [-0.2, -0.15) is 0 Å². The summed E-state index contributed by atoms with van der Waals surface area (Å²) in [4.78, 5) is 9.54. The molecule has 7 aromatic carbocycles. The quantitative estimate of drug-likeness (QED) is 0.144. The van der Waals surface area contributed by atoms with E-state index in [9.17, 15) is 4.39 Å². The minimum Gasteiger partial charge on any atom is -0.457 e. The Morgan fingerprint density at radius 3 is 1.85 bits per heavy atom. The lowest BCUT2D eigenvalue weighted by molar-refractivity contribution is 0.483. The van der Waals surface area contributed by atoms with E-state index in [0.29, 0.717) is 23.7 Å². The van der Waals surface area contributed by atoms with Crippen molar-refractivity contribution in [1.82, 2.24) is 9.55 Å². The maximum Gasteiger partial charge on any atom is 0.137 e. The number of aryl methyl sites for hydroxylation is 2. The zero-order chi connectivity index (χ0) is 47.8. The molecule has 68 heavy (non-hydrogen) atoms. The van der Waals surface area contributed by atoms with E-state index < -0.39 is 17.5 Å². The summed E-state index contributed by atoms with van der Waals surface area (Å²) in [6.45, 7) is 19.8. The number of anilines is 4. The summed E-state index contributed by atoms with van der Waals surface area (Å²) >= 11 is 0. The van der Waals surface area contributed by atoms with Gasteiger partial charge in [-0.1, -0.05) is 97.0 Å². The van der Waals surface area contributed by atoms with E-state index in [1.165, 1.54) is 5.56 Å². The standard InChI is InChI=1S/C60H55F3N4O/c1-35(2)48-27-40(58-50(62)30-42(61)31-51(58)63)28-49(36(3)4)59(48)66-34-65(53-19-12-13-20-54(53)66)43-25-39(57-37(5)15-14-16-38(57)6)26-45(32-43)68-44-21-22-47-46-17-10-11-18-52(46)67(55(47)33-44)56-29-41(23-24-64-56)60(7,8)9/h10-33,35-36H,34H2,1-9H3. The third-order valence-corrected chi connectivity index (χ3v) is 13.4. The van der Waals surface area contributed by atoms with Crippen LogP contribution in [0.4, 0.5) is 35.9 Å². The van der Waals surface area contributed by atoms with Gasteiger partial charge in [0.2, 0.25) is 0 Å². The number of halogens is 3. The third-order valence-electron chi connectivity index (χ3n) is 13.4. The SMILES string of the molecule is Cc1cccc(C)c1-c1cc(Oc2ccc3c4ccccc4n(-c4cc(C(C)(C)C)ccn4)c3c2)cc(N2CN(c3c(C(C)C)cc(-c4c(F)cc(F)cc4F)cc3C(C)C)c3ccccc32)c1. The van der Waals surface area contributed by atoms with Gasteiger partial charge in [-0.3, -0.25) is 4.57 Å². The number of hydrogen-bond donors (Lipinski definition) is 0. The average molecular weight is 905 g/mol. The van der Waals surface area contributed by atoms with Gasteiger partial charge in [-0.15, -0.1) is 0 Å². The van der Waals surface area contributed by atoms with Gasteiger partial charge in [0.05, 0.1) is 28.0 Å². The lowest BCUT2D eigenvalue weighted by Crippen LogP contribution is -2.26. The van der Waals surface area contributed by atoms with Gasteiger partial charge in [0, 0.05) is 52.6 Å². The number of hydrogen-bond acceptors (Lipinski definition) is 4. The number of nitrogens with zero attached hydrogens (tertiary/aromatic N) is 4. The molecule has 8 heteroatoms. The van der Waals surface area contributed by atoms with Crippen LogP contribution in [0.2, 0.25) is 0 Å². The number of para-hydroxylation sites is 3. The number of benzene rings is 7. The molecule has 0 fully saturated rings. The molecule has 0 amide bonds. The van der Waals surface area contributed by atoms with E-state index >= 15 is 8.78 Å². The molecular formula is C60H55F3N4O. The van der Waals surface area contributed by atoms with E-state index in [1.54, 1.807) is 0 Å². The molecule has 0 radical (unpaired) electrons. The molecule has 0 N–H and O–H groups in total. The Morgan fingerprint density at radius 1 is 0.574 bits per heavy atom. The second kappa shape index (κ2) is 17.1. The van der Waals surface area contributed by atoms with E-state index in [1.807, 2.05) is 30.5 Å². The summed E-state index contributed by atoms with van der Waals surface area (Å²) in [7, 11) is 0. The monoisotopic (exact) mass is 904 g/mol. The van der Waals surface area contributed by atoms with Gasteiger partial charge >= 0.3 is 0 Å². The van der Waals surface area contributed by atoms with Crippen molar-refractivity contribution < 1.29 is 17.9 Å². The Bertz CT molecular complexity index is 3360. The Labute approximate surface area is 397 Å². The van der Waals surface area contributed by atoms with Crippen molar-refractivity contribution >= 4 is 44.6 Å². The molecule has 0 atom stereocenters. The normalized spacial score (nSPS) is 12.9. The van der Waals surface area contributed by atoms with E-state index in [2.05, 4.69) is 180 Å². The van der Waals surface area contributed by atoms with Crippen molar-refractivity contribution in [3.63, 3.8) is 0 Å². The van der Waals surface area contributed by atoms with Crippen LogP contribution in [0, 0.1) is 31.3 Å². The molecule has 0 spiro atoms. The molecular weight excluding hydrogens is 850 g/mol. The summed E-state index contributed by atoms with van der Waals surface area (Å²) in [5.74, 6) is -0.605. The Morgan fingerprint density at radius 2 is 1.19 bits per heavy atom. The maximum atomic E-state index is 15.4. The van der Waals surface area contributed by atoms with Crippen molar-refractivity contribution in [3.05, 3.63) is 191 Å². The summed E-state index contributed by atoms with van der Waals surface area (Å²) in [6, 6.07) is 45.5. The highest BCUT2D eigenvalue weighted by molar-refractivity contribution is 6.09. The predicted octanol–water partition coefficient (Wildman–Crippen LogP) is 17.1. The maximum absolute atomic E-state index is 15.4. The molecule has 10 rings (SSSR count). The minimum atomic E-state index is -0.947. The van der Waals surface area contributed by atoms with Crippen molar-refractivity contribution in [2.45, 2.75) is 79.6 Å². The molecule has 342 valence electrons. The molecule has 5 nitrogen and oxygen atoms in total. The van der Waals surface area contributed by atoms with E-state index in [4.69, 9.17) is 9.72 Å². The van der Waals surface area contributed by atoms with Crippen LogP contribution in [-0.4, -0.2) is 16.2 Å². The van der Waals surface area contributed by atoms with Gasteiger partial charge in [0.1, 0.15) is 41.4 Å². The van der Waals surface area contributed by atoms with Crippen LogP contribution in [0.5, 0.6) is 11.5 Å². The van der Waals surface area contributed by atoms with Gasteiger partial charge < -0.3 is 14.5 Å². The fraction of sp³-hybridized carbons (Fsp3) is 0.217. The predicted molar refractivity (Wildman–Crippen MR) is 274 cm³/mol. The first-order valence-corrected chi connectivity index (χ1v) is 23.4. The lowest BCUT2D eigenvalue weighted by atomic mass is 9.87. The molecule has 3 heterocycles. The third kappa shape index (κ3) is 7.85. The van der Waals surface area contributed by atoms with Crippen LogP contribution in [-0.2, 0) is 5.41 Å². The average Bonchev–Trinajstić information content (AvgIpc) is 3.84. The van der Waals surface area contributed by atoms with E-state index in [-0.39, 0.29) is 22.8 Å². The molecule has 0 bridgehead atoms. The Balaban J connectivity index is 1.11. The van der Waals surface area contributed by atoms with E-state index in [0.717, 1.165) is 95.9 Å². The highest BCUT2D eigenvalue weighted by atomic mass is 19.1. The summed E-state index contributed by atoms with van der Waals surface area (Å²) in [5.41, 5.74) is 13.7. The largest absolute Gasteiger partial charge is 0.457 e. The Kier molecular flexibility index (Phi) is 11.2. The van der Waals surface area contributed by atoms with Gasteiger partial charge in [0.25, 0.3) is 0 Å². The minimum absolute atomic E-state index is 0.0168. The smallest absolute Gasteiger partial charge is 0.137 e. The molecule has 1 aliphatic heterocycles. The number of aromatic nitrogens is 2. The van der Waals surface area contributed by atoms with Crippen LogP contribution in [0.15, 0.2) is 146 Å². The lowest BCUT2D eigenvalue weighted by Gasteiger charge is -2.30. The summed E-state index contributed by atoms with van der Waals surface area (Å²) in [5, 5.41) is 2.25. The van der Waals surface area contributed by atoms with Gasteiger partial charge in [-0.05, 0) is 142 Å². The van der Waals surface area contributed by atoms with Crippen LogP contribution < -0.4 is 14.5 Å². The Hall–Kier alpha value is -7.32. The van der Waals surface area contributed by atoms with Crippen LogP contribution in [0.3, 0.4) is 0 Å². The van der Waals surface area contributed by atoms with Crippen molar-refractivity contribution in [1.29, 1.82) is 0 Å². The van der Waals surface area contributed by atoms with Crippen molar-refractivity contribution in [2.75, 3.05) is 16.5 Å². The molecule has 0 aliphatic carbocycles. The highest BCUT2D eigenvalue weighted by Gasteiger charge is 2.33. The molecule has 0 saturated carbocycles. The fourth-order valence-corrected chi connectivity index (χ4v) is 10.1. The van der Waals surface area contributed by atoms with Crippen LogP contribution >= 0.6 is 0 Å². The first kappa shape index (κ1) is 44.5. The highest BCUT2D eigenvalue weighted by Crippen LogP contribution is 2.51. The number of pyridine rings is 1. The second-order valence-corrected chi connectivity index (χ2v) is 19.8. The molecule has 0 saturated heterocycles. The van der Waals surface area contributed by atoms with Crippen molar-refractivity contribution in [2.24, 2.45) is 0 Å². The summed E-state index contributed by atoms with van der Waals surface area (Å²) in [6.07, 6.45) is 1.90. The fourth-order valence-electron chi connectivity index (χ4n) is 10.1.